The maximum atomic E-state index is 2.56. The summed E-state index contributed by atoms with van der Waals surface area (Å²) in [6.07, 6.45) is 7.41. The van der Waals surface area contributed by atoms with Crippen molar-refractivity contribution in [2.24, 2.45) is 53.3 Å². The summed E-state index contributed by atoms with van der Waals surface area (Å²) in [7, 11) is 0. The average molecular weight is 293 g/mol. The third-order valence-corrected chi connectivity index (χ3v) is 6.43. The first-order valence-electron chi connectivity index (χ1n) is 9.82. The zero-order valence-electron chi connectivity index (χ0n) is 15.7. The average Bonchev–Trinajstić information content (AvgIpc) is 3.21. The smallest absolute Gasteiger partial charge is 0.0321 e. The predicted octanol–water partition coefficient (Wildman–Crippen LogP) is 6.65. The van der Waals surface area contributed by atoms with E-state index in [4.69, 9.17) is 0 Å². The number of hydrogen-bond acceptors (Lipinski definition) is 0. The Labute approximate surface area is 134 Å². The normalized spacial score (nSPS) is 36.6. The van der Waals surface area contributed by atoms with Crippen LogP contribution in [0.2, 0.25) is 0 Å². The second kappa shape index (κ2) is 7.05. The molecule has 2 fully saturated rings. The molecule has 124 valence electrons. The first-order valence-corrected chi connectivity index (χ1v) is 9.82. The van der Waals surface area contributed by atoms with Crippen LogP contribution in [0, 0.1) is 53.3 Å². The van der Waals surface area contributed by atoms with Crippen molar-refractivity contribution in [3.63, 3.8) is 0 Å². The van der Waals surface area contributed by atoms with Gasteiger partial charge in [0.15, 0.2) is 0 Å². The molecular weight excluding hydrogens is 252 g/mol. The van der Waals surface area contributed by atoms with E-state index in [-0.39, 0.29) is 0 Å². The molecule has 0 bridgehead atoms. The largest absolute Gasteiger partial charge is 0.0628 e. The Kier molecular flexibility index (Phi) is 5.83. The van der Waals surface area contributed by atoms with E-state index in [0.717, 1.165) is 53.3 Å². The van der Waals surface area contributed by atoms with Crippen LogP contribution in [0.1, 0.15) is 80.6 Å². The second-order valence-electron chi connectivity index (χ2n) is 9.54. The van der Waals surface area contributed by atoms with Gasteiger partial charge in [-0.05, 0) is 66.1 Å². The maximum Gasteiger partial charge on any atom is -0.0321 e. The summed E-state index contributed by atoms with van der Waals surface area (Å²) in [5.41, 5.74) is 0. The van der Waals surface area contributed by atoms with Crippen molar-refractivity contribution < 1.29 is 0 Å². The summed E-state index contributed by atoms with van der Waals surface area (Å²) in [5.74, 6) is 9.08. The van der Waals surface area contributed by atoms with Gasteiger partial charge in [0.25, 0.3) is 0 Å². The predicted molar refractivity (Wildman–Crippen MR) is 94.2 cm³/mol. The van der Waals surface area contributed by atoms with Crippen LogP contribution >= 0.6 is 0 Å². The summed E-state index contributed by atoms with van der Waals surface area (Å²) in [4.78, 5) is 0. The minimum Gasteiger partial charge on any atom is -0.0628 e. The lowest BCUT2D eigenvalue weighted by Gasteiger charge is -2.20. The lowest BCUT2D eigenvalue weighted by atomic mass is 9.85. The van der Waals surface area contributed by atoms with Gasteiger partial charge in [0.05, 0.1) is 0 Å². The molecule has 0 spiro atoms. The fraction of sp³-hybridized carbons (Fsp3) is 1.00. The van der Waals surface area contributed by atoms with Crippen molar-refractivity contribution in [1.29, 1.82) is 0 Å². The molecule has 0 radical (unpaired) electrons. The fourth-order valence-electron chi connectivity index (χ4n) is 5.25. The van der Waals surface area contributed by atoms with Gasteiger partial charge in [0, 0.05) is 0 Å². The van der Waals surface area contributed by atoms with Crippen LogP contribution in [0.5, 0.6) is 0 Å². The molecule has 0 heterocycles. The SMILES string of the molecule is CC(C)CCCC(CC(C)C)C1C(C)C1C1CC1C(C)C. The molecule has 6 unspecified atom stereocenters. The third kappa shape index (κ3) is 4.49. The Morgan fingerprint density at radius 2 is 1.57 bits per heavy atom. The molecule has 0 saturated heterocycles. The molecule has 2 aliphatic rings. The van der Waals surface area contributed by atoms with Crippen LogP contribution in [0.4, 0.5) is 0 Å². The van der Waals surface area contributed by atoms with Gasteiger partial charge in [-0.2, -0.15) is 0 Å². The van der Waals surface area contributed by atoms with Gasteiger partial charge in [-0.1, -0.05) is 67.7 Å². The Balaban J connectivity index is 1.86. The molecule has 2 saturated carbocycles. The maximum absolute atomic E-state index is 2.56. The van der Waals surface area contributed by atoms with Crippen molar-refractivity contribution in [3.8, 4) is 0 Å². The quantitative estimate of drug-likeness (QED) is 0.446. The second-order valence-corrected chi connectivity index (χ2v) is 9.54. The van der Waals surface area contributed by atoms with E-state index in [1.165, 1.54) is 25.7 Å². The summed E-state index contributed by atoms with van der Waals surface area (Å²) < 4.78 is 0. The summed E-state index contributed by atoms with van der Waals surface area (Å²) in [6.45, 7) is 17.0. The molecule has 0 N–H and O–H groups in total. The Morgan fingerprint density at radius 3 is 2.05 bits per heavy atom. The summed E-state index contributed by atoms with van der Waals surface area (Å²) >= 11 is 0. The molecule has 0 heteroatoms. The number of hydrogen-bond donors (Lipinski definition) is 0. The van der Waals surface area contributed by atoms with Crippen molar-refractivity contribution in [3.05, 3.63) is 0 Å². The molecule has 21 heavy (non-hydrogen) atoms. The molecule has 2 aliphatic carbocycles. The molecule has 0 nitrogen and oxygen atoms in total. The van der Waals surface area contributed by atoms with E-state index in [9.17, 15) is 0 Å². The molecule has 6 atom stereocenters. The Hall–Kier alpha value is 0. The van der Waals surface area contributed by atoms with Crippen LogP contribution in [0.3, 0.4) is 0 Å². The molecule has 0 amide bonds. The lowest BCUT2D eigenvalue weighted by molar-refractivity contribution is 0.303. The van der Waals surface area contributed by atoms with Gasteiger partial charge in [-0.15, -0.1) is 0 Å². The van der Waals surface area contributed by atoms with E-state index in [1.54, 1.807) is 6.42 Å². The summed E-state index contributed by atoms with van der Waals surface area (Å²) in [5, 5.41) is 0. The first-order chi connectivity index (χ1) is 9.82. The molecule has 0 aromatic carbocycles. The fourth-order valence-corrected chi connectivity index (χ4v) is 5.25. The molecule has 0 aromatic heterocycles. The van der Waals surface area contributed by atoms with E-state index in [0.29, 0.717) is 0 Å². The van der Waals surface area contributed by atoms with Crippen molar-refractivity contribution in [2.45, 2.75) is 80.6 Å². The first kappa shape index (κ1) is 17.4. The molecule has 0 aliphatic heterocycles. The van der Waals surface area contributed by atoms with Crippen molar-refractivity contribution >= 4 is 0 Å². The van der Waals surface area contributed by atoms with Gasteiger partial charge >= 0.3 is 0 Å². The van der Waals surface area contributed by atoms with Gasteiger partial charge < -0.3 is 0 Å². The highest BCUT2D eigenvalue weighted by Crippen LogP contribution is 2.66. The van der Waals surface area contributed by atoms with Crippen LogP contribution in [0.15, 0.2) is 0 Å². The van der Waals surface area contributed by atoms with Crippen molar-refractivity contribution in [1.82, 2.24) is 0 Å². The van der Waals surface area contributed by atoms with Crippen LogP contribution in [0.25, 0.3) is 0 Å². The van der Waals surface area contributed by atoms with Gasteiger partial charge in [-0.3, -0.25) is 0 Å². The van der Waals surface area contributed by atoms with Crippen LogP contribution < -0.4 is 0 Å². The highest BCUT2D eigenvalue weighted by Gasteiger charge is 2.60. The van der Waals surface area contributed by atoms with E-state index in [2.05, 4.69) is 48.5 Å². The molecular formula is C21H40. The van der Waals surface area contributed by atoms with Gasteiger partial charge in [-0.25, -0.2) is 0 Å². The van der Waals surface area contributed by atoms with Gasteiger partial charge in [0.1, 0.15) is 0 Å². The zero-order chi connectivity index (χ0) is 15.7. The lowest BCUT2D eigenvalue weighted by Crippen LogP contribution is -2.10. The van der Waals surface area contributed by atoms with E-state index < -0.39 is 0 Å². The Morgan fingerprint density at radius 1 is 0.905 bits per heavy atom. The topological polar surface area (TPSA) is 0 Å². The minimum atomic E-state index is 0.877. The number of rotatable bonds is 9. The van der Waals surface area contributed by atoms with Crippen LogP contribution in [-0.4, -0.2) is 0 Å². The summed E-state index contributed by atoms with van der Waals surface area (Å²) in [6, 6.07) is 0. The highest BCUT2D eigenvalue weighted by atomic mass is 14.6. The standard InChI is InChI=1S/C21H40/c1-13(2)9-8-10-17(11-14(3)4)20-16(7)21(20)19-12-18(19)15(5)6/h13-21H,8-12H2,1-7H3. The zero-order valence-corrected chi connectivity index (χ0v) is 15.7. The van der Waals surface area contributed by atoms with E-state index in [1.807, 2.05) is 0 Å². The third-order valence-electron chi connectivity index (χ3n) is 6.43. The van der Waals surface area contributed by atoms with E-state index >= 15 is 0 Å². The van der Waals surface area contributed by atoms with Crippen LogP contribution in [-0.2, 0) is 0 Å². The highest BCUT2D eigenvalue weighted by molar-refractivity contribution is 5.08. The molecule has 2 rings (SSSR count). The minimum absolute atomic E-state index is 0.877. The Bertz CT molecular complexity index is 314. The van der Waals surface area contributed by atoms with Crippen molar-refractivity contribution in [2.75, 3.05) is 0 Å². The monoisotopic (exact) mass is 292 g/mol. The van der Waals surface area contributed by atoms with Gasteiger partial charge in [0.2, 0.25) is 0 Å². The molecule has 0 aromatic rings.